The Morgan fingerprint density at radius 2 is 2.30 bits per heavy atom. The van der Waals surface area contributed by atoms with E-state index in [0.717, 1.165) is 19.3 Å². The van der Waals surface area contributed by atoms with Crippen molar-refractivity contribution in [3.63, 3.8) is 0 Å². The molecule has 1 aliphatic carbocycles. The predicted molar refractivity (Wildman–Crippen MR) is 83.0 cm³/mol. The summed E-state index contributed by atoms with van der Waals surface area (Å²) in [6.07, 6.45) is 4.80. The predicted octanol–water partition coefficient (Wildman–Crippen LogP) is 2.25. The van der Waals surface area contributed by atoms with Gasteiger partial charge in [0.1, 0.15) is 12.4 Å². The van der Waals surface area contributed by atoms with E-state index in [-0.39, 0.29) is 24.9 Å². The largest absolute Gasteiger partial charge is 0.389 e. The number of nitro groups is 1. The van der Waals surface area contributed by atoms with Gasteiger partial charge in [-0.05, 0) is 30.4 Å². The first kappa shape index (κ1) is 15.6. The Hall–Kier alpha value is -2.25. The molecule has 2 aromatic rings. The number of aliphatic hydroxyl groups is 1. The first-order valence-electron chi connectivity index (χ1n) is 7.68. The summed E-state index contributed by atoms with van der Waals surface area (Å²) < 4.78 is 7.23. The van der Waals surface area contributed by atoms with Crippen LogP contribution in [0.15, 0.2) is 36.7 Å². The number of ether oxygens (including phenoxy) is 1. The zero-order valence-electron chi connectivity index (χ0n) is 12.7. The van der Waals surface area contributed by atoms with Gasteiger partial charge in [-0.25, -0.2) is 0 Å². The highest BCUT2D eigenvalue weighted by Gasteiger charge is 2.21. The van der Waals surface area contributed by atoms with Gasteiger partial charge in [-0.15, -0.1) is 0 Å². The molecule has 2 atom stereocenters. The van der Waals surface area contributed by atoms with Gasteiger partial charge in [-0.3, -0.25) is 14.8 Å². The van der Waals surface area contributed by atoms with Crippen LogP contribution < -0.4 is 0 Å². The van der Waals surface area contributed by atoms with E-state index in [4.69, 9.17) is 4.74 Å². The van der Waals surface area contributed by atoms with Crippen molar-refractivity contribution in [3.8, 4) is 0 Å². The zero-order chi connectivity index (χ0) is 16.2. The molecule has 7 nitrogen and oxygen atoms in total. The molecule has 0 unspecified atom stereocenters. The van der Waals surface area contributed by atoms with Crippen molar-refractivity contribution in [2.24, 2.45) is 0 Å². The van der Waals surface area contributed by atoms with E-state index < -0.39 is 11.0 Å². The summed E-state index contributed by atoms with van der Waals surface area (Å²) in [7, 11) is 0. The molecule has 1 heterocycles. The number of nitrogens with zero attached hydrogens (tertiary/aromatic N) is 3. The SMILES string of the molecule is O=[N+]([O-])c1cnn(C[C@H](O)CO[C@H]2CCCc3ccccc32)c1. The molecule has 23 heavy (non-hydrogen) atoms. The van der Waals surface area contributed by atoms with Gasteiger partial charge < -0.3 is 9.84 Å². The number of rotatable bonds is 6. The van der Waals surface area contributed by atoms with Gasteiger partial charge in [0.2, 0.25) is 0 Å². The molecule has 3 rings (SSSR count). The van der Waals surface area contributed by atoms with Crippen molar-refractivity contribution >= 4 is 5.69 Å². The van der Waals surface area contributed by atoms with Gasteiger partial charge >= 0.3 is 5.69 Å². The van der Waals surface area contributed by atoms with Gasteiger partial charge in [0.15, 0.2) is 0 Å². The lowest BCUT2D eigenvalue weighted by molar-refractivity contribution is -0.385. The highest BCUT2D eigenvalue weighted by molar-refractivity contribution is 5.31. The molecule has 122 valence electrons. The second-order valence-electron chi connectivity index (χ2n) is 5.74. The summed E-state index contributed by atoms with van der Waals surface area (Å²) in [5.74, 6) is 0. The third kappa shape index (κ3) is 3.75. The number of aliphatic hydroxyl groups excluding tert-OH is 1. The molecule has 0 saturated carbocycles. The quantitative estimate of drug-likeness (QED) is 0.652. The minimum atomic E-state index is -0.761. The van der Waals surface area contributed by atoms with E-state index in [1.165, 1.54) is 28.2 Å². The lowest BCUT2D eigenvalue weighted by Gasteiger charge is -2.26. The van der Waals surface area contributed by atoms with Crippen molar-refractivity contribution in [1.82, 2.24) is 9.78 Å². The Morgan fingerprint density at radius 1 is 1.48 bits per heavy atom. The molecular weight excluding hydrogens is 298 g/mol. The Labute approximate surface area is 133 Å². The number of aryl methyl sites for hydroxylation is 1. The van der Waals surface area contributed by atoms with Gasteiger partial charge in [-0.2, -0.15) is 5.10 Å². The number of fused-ring (bicyclic) bond motifs is 1. The maximum Gasteiger partial charge on any atom is 0.306 e. The number of benzene rings is 1. The van der Waals surface area contributed by atoms with Crippen LogP contribution in [0, 0.1) is 10.1 Å². The van der Waals surface area contributed by atoms with Gasteiger partial charge in [0.05, 0.1) is 30.3 Å². The molecule has 0 amide bonds. The van der Waals surface area contributed by atoms with E-state index in [0.29, 0.717) is 0 Å². The number of hydrogen-bond donors (Lipinski definition) is 1. The van der Waals surface area contributed by atoms with Crippen LogP contribution in [0.3, 0.4) is 0 Å². The van der Waals surface area contributed by atoms with Crippen molar-refractivity contribution in [1.29, 1.82) is 0 Å². The summed E-state index contributed by atoms with van der Waals surface area (Å²) in [6.45, 7) is 0.342. The van der Waals surface area contributed by atoms with Crippen LogP contribution in [-0.4, -0.2) is 32.5 Å². The maximum atomic E-state index is 10.6. The first-order chi connectivity index (χ1) is 11.1. The molecule has 7 heteroatoms. The van der Waals surface area contributed by atoms with E-state index in [1.807, 2.05) is 12.1 Å². The fraction of sp³-hybridized carbons (Fsp3) is 0.438. The lowest BCUT2D eigenvalue weighted by Crippen LogP contribution is -2.24. The molecule has 1 aromatic heterocycles. The maximum absolute atomic E-state index is 10.6. The summed E-state index contributed by atoms with van der Waals surface area (Å²) in [4.78, 5) is 10.1. The van der Waals surface area contributed by atoms with Crippen molar-refractivity contribution in [2.45, 2.75) is 38.0 Å². The summed E-state index contributed by atoms with van der Waals surface area (Å²) in [6, 6.07) is 8.22. The Bertz CT molecular complexity index is 685. The molecule has 1 aliphatic rings. The fourth-order valence-electron chi connectivity index (χ4n) is 2.93. The zero-order valence-corrected chi connectivity index (χ0v) is 12.7. The van der Waals surface area contributed by atoms with Crippen molar-refractivity contribution < 1.29 is 14.8 Å². The second kappa shape index (κ2) is 6.89. The van der Waals surface area contributed by atoms with Gasteiger partial charge in [0, 0.05) is 0 Å². The molecule has 0 radical (unpaired) electrons. The lowest BCUT2D eigenvalue weighted by atomic mass is 9.89. The monoisotopic (exact) mass is 317 g/mol. The molecule has 0 bridgehead atoms. The van der Waals surface area contributed by atoms with Crippen LogP contribution in [-0.2, 0) is 17.7 Å². The summed E-state index contributed by atoms with van der Waals surface area (Å²) >= 11 is 0. The normalized spacial score (nSPS) is 18.4. The molecule has 0 aliphatic heterocycles. The van der Waals surface area contributed by atoms with Crippen LogP contribution >= 0.6 is 0 Å². The van der Waals surface area contributed by atoms with E-state index >= 15 is 0 Å². The van der Waals surface area contributed by atoms with Crippen LogP contribution in [0.4, 0.5) is 5.69 Å². The summed E-state index contributed by atoms with van der Waals surface area (Å²) in [5.41, 5.74) is 2.42. The first-order valence-corrected chi connectivity index (χ1v) is 7.68. The molecular formula is C16H19N3O4. The minimum Gasteiger partial charge on any atom is -0.389 e. The number of hydrogen-bond acceptors (Lipinski definition) is 5. The Balaban J connectivity index is 1.55. The van der Waals surface area contributed by atoms with Crippen LogP contribution in [0.2, 0.25) is 0 Å². The van der Waals surface area contributed by atoms with Gasteiger partial charge in [-0.1, -0.05) is 24.3 Å². The smallest absolute Gasteiger partial charge is 0.306 e. The van der Waals surface area contributed by atoms with Crippen LogP contribution in [0.5, 0.6) is 0 Å². The highest BCUT2D eigenvalue weighted by Crippen LogP contribution is 2.32. The standard InChI is InChI=1S/C16H19N3O4/c20-14(10-18-9-13(8-17-18)19(21)22)11-23-16-7-3-5-12-4-1-2-6-15(12)16/h1-2,4,6,8-9,14,16,20H,3,5,7,10-11H2/t14-,16-/m0/s1. The van der Waals surface area contributed by atoms with Crippen molar-refractivity contribution in [2.75, 3.05) is 6.61 Å². The van der Waals surface area contributed by atoms with Crippen LogP contribution in [0.1, 0.15) is 30.1 Å². The number of aromatic nitrogens is 2. The molecule has 0 spiro atoms. The third-order valence-corrected chi connectivity index (χ3v) is 4.03. The topological polar surface area (TPSA) is 90.4 Å². The average molecular weight is 317 g/mol. The van der Waals surface area contributed by atoms with Crippen LogP contribution in [0.25, 0.3) is 0 Å². The highest BCUT2D eigenvalue weighted by atomic mass is 16.6. The average Bonchev–Trinajstić information content (AvgIpc) is 3.01. The van der Waals surface area contributed by atoms with E-state index in [2.05, 4.69) is 17.2 Å². The minimum absolute atomic E-state index is 0.00144. The second-order valence-corrected chi connectivity index (χ2v) is 5.74. The Morgan fingerprint density at radius 3 is 3.09 bits per heavy atom. The van der Waals surface area contributed by atoms with E-state index in [9.17, 15) is 15.2 Å². The summed E-state index contributed by atoms with van der Waals surface area (Å²) in [5, 5.41) is 24.6. The molecule has 1 N–H and O–H groups in total. The molecule has 1 aromatic carbocycles. The van der Waals surface area contributed by atoms with Crippen molar-refractivity contribution in [3.05, 3.63) is 57.9 Å². The van der Waals surface area contributed by atoms with E-state index in [1.54, 1.807) is 0 Å². The third-order valence-electron chi connectivity index (χ3n) is 4.03. The Kier molecular flexibility index (Phi) is 4.68. The molecule has 0 saturated heterocycles. The van der Waals surface area contributed by atoms with Gasteiger partial charge in [0.25, 0.3) is 0 Å². The fourth-order valence-corrected chi connectivity index (χ4v) is 2.93. The molecule has 0 fully saturated rings.